The second kappa shape index (κ2) is 6.91. The summed E-state index contributed by atoms with van der Waals surface area (Å²) in [7, 11) is 0. The number of fused-ring (bicyclic) bond motifs is 3. The average Bonchev–Trinajstić information content (AvgIpc) is 2.95. The molecular formula is C23H15ClN4. The third-order valence-corrected chi connectivity index (χ3v) is 4.96. The lowest BCUT2D eigenvalue weighted by molar-refractivity contribution is 1.03. The number of pyridine rings is 1. The van der Waals surface area contributed by atoms with Gasteiger partial charge in [-0.1, -0.05) is 41.9 Å². The summed E-state index contributed by atoms with van der Waals surface area (Å²) < 4.78 is 0. The maximum atomic E-state index is 6.05. The average molecular weight is 383 g/mol. The Bertz CT molecular complexity index is 1230. The lowest BCUT2D eigenvalue weighted by Gasteiger charge is -2.10. The normalized spacial score (nSPS) is 13.2. The molecule has 134 valence electrons. The van der Waals surface area contributed by atoms with Gasteiger partial charge in [0.25, 0.3) is 0 Å². The van der Waals surface area contributed by atoms with Crippen LogP contribution in [0, 0.1) is 0 Å². The molecule has 0 atom stereocenters. The van der Waals surface area contributed by atoms with Crippen LogP contribution in [0.3, 0.4) is 0 Å². The van der Waals surface area contributed by atoms with Gasteiger partial charge in [-0.15, -0.1) is 0 Å². The highest BCUT2D eigenvalue weighted by atomic mass is 35.5. The first-order valence-corrected chi connectivity index (χ1v) is 9.28. The van der Waals surface area contributed by atoms with Gasteiger partial charge in [0.1, 0.15) is 5.71 Å². The Morgan fingerprint density at radius 1 is 0.786 bits per heavy atom. The number of aliphatic imine (C=N–C) groups is 1. The number of hydrogen-bond acceptors (Lipinski definition) is 4. The van der Waals surface area contributed by atoms with Gasteiger partial charge in [0, 0.05) is 39.5 Å². The molecule has 4 nitrogen and oxygen atoms in total. The predicted molar refractivity (Wildman–Crippen MR) is 115 cm³/mol. The summed E-state index contributed by atoms with van der Waals surface area (Å²) in [4.78, 5) is 9.22. The number of nitrogens with one attached hydrogen (secondary N) is 1. The van der Waals surface area contributed by atoms with Gasteiger partial charge in [-0.3, -0.25) is 10.4 Å². The zero-order valence-corrected chi connectivity index (χ0v) is 15.6. The van der Waals surface area contributed by atoms with E-state index >= 15 is 0 Å². The van der Waals surface area contributed by atoms with Crippen LogP contribution < -0.4 is 5.43 Å². The molecule has 4 aromatic rings. The molecule has 0 aliphatic carbocycles. The summed E-state index contributed by atoms with van der Waals surface area (Å²) in [6.45, 7) is 0. The van der Waals surface area contributed by atoms with Crippen molar-refractivity contribution >= 4 is 39.6 Å². The first kappa shape index (κ1) is 16.7. The zero-order valence-electron chi connectivity index (χ0n) is 14.8. The van der Waals surface area contributed by atoms with Gasteiger partial charge >= 0.3 is 0 Å². The Hall–Kier alpha value is -3.50. The molecule has 5 rings (SSSR count). The molecule has 3 aromatic carbocycles. The van der Waals surface area contributed by atoms with Crippen molar-refractivity contribution in [3.05, 3.63) is 107 Å². The van der Waals surface area contributed by atoms with E-state index in [1.807, 2.05) is 54.7 Å². The number of benzene rings is 3. The topological polar surface area (TPSA) is 49.6 Å². The van der Waals surface area contributed by atoms with Crippen molar-refractivity contribution in [2.45, 2.75) is 0 Å². The van der Waals surface area contributed by atoms with E-state index in [1.165, 1.54) is 0 Å². The summed E-state index contributed by atoms with van der Waals surface area (Å²) >= 11 is 6.05. The number of rotatable bonds is 2. The highest BCUT2D eigenvalue weighted by molar-refractivity contribution is 6.30. The molecule has 1 aliphatic heterocycles. The number of halogens is 1. The molecule has 0 unspecified atom stereocenters. The van der Waals surface area contributed by atoms with E-state index in [1.54, 1.807) is 6.20 Å². The van der Waals surface area contributed by atoms with Gasteiger partial charge in [0.15, 0.2) is 5.84 Å². The van der Waals surface area contributed by atoms with Crippen molar-refractivity contribution in [3.63, 3.8) is 0 Å². The molecule has 0 radical (unpaired) electrons. The van der Waals surface area contributed by atoms with Crippen molar-refractivity contribution in [3.8, 4) is 0 Å². The highest BCUT2D eigenvalue weighted by Gasteiger charge is 2.19. The lowest BCUT2D eigenvalue weighted by atomic mass is 9.97. The van der Waals surface area contributed by atoms with E-state index in [0.717, 1.165) is 38.9 Å². The van der Waals surface area contributed by atoms with Crippen molar-refractivity contribution in [2.24, 2.45) is 10.1 Å². The molecule has 0 spiro atoms. The van der Waals surface area contributed by atoms with Crippen LogP contribution in [0.15, 0.2) is 95.3 Å². The minimum atomic E-state index is 0.674. The predicted octanol–water partition coefficient (Wildman–Crippen LogP) is 5.32. The molecule has 1 N–H and O–H groups in total. The van der Waals surface area contributed by atoms with Gasteiger partial charge in [-0.2, -0.15) is 5.10 Å². The molecule has 0 amide bonds. The fraction of sp³-hybridized carbons (Fsp3) is 0. The highest BCUT2D eigenvalue weighted by Crippen LogP contribution is 2.33. The van der Waals surface area contributed by atoms with E-state index in [4.69, 9.17) is 16.6 Å². The van der Waals surface area contributed by atoms with Crippen LogP contribution >= 0.6 is 11.6 Å². The number of amidine groups is 1. The molecule has 0 bridgehead atoms. The molecule has 1 aromatic heterocycles. The molecule has 2 heterocycles. The molecule has 5 heteroatoms. The molecule has 28 heavy (non-hydrogen) atoms. The fourth-order valence-electron chi connectivity index (χ4n) is 3.33. The molecule has 0 saturated carbocycles. The van der Waals surface area contributed by atoms with E-state index < -0.39 is 0 Å². The summed E-state index contributed by atoms with van der Waals surface area (Å²) in [5.74, 6) is 0.674. The Labute approximate surface area is 167 Å². The lowest BCUT2D eigenvalue weighted by Crippen LogP contribution is -2.19. The smallest absolute Gasteiger partial charge is 0.154 e. The Kier molecular flexibility index (Phi) is 4.11. The van der Waals surface area contributed by atoms with Crippen molar-refractivity contribution in [2.75, 3.05) is 0 Å². The van der Waals surface area contributed by atoms with E-state index in [-0.39, 0.29) is 0 Å². The maximum Gasteiger partial charge on any atom is 0.154 e. The minimum Gasteiger partial charge on any atom is -0.264 e. The Morgan fingerprint density at radius 3 is 2.46 bits per heavy atom. The van der Waals surface area contributed by atoms with Crippen molar-refractivity contribution in [1.29, 1.82) is 0 Å². The summed E-state index contributed by atoms with van der Waals surface area (Å²) in [5.41, 5.74) is 7.64. The zero-order chi connectivity index (χ0) is 18.9. The van der Waals surface area contributed by atoms with Crippen LogP contribution in [0.2, 0.25) is 5.02 Å². The molecule has 0 fully saturated rings. The first-order valence-electron chi connectivity index (χ1n) is 8.90. The Balaban J connectivity index is 1.77. The fourth-order valence-corrected chi connectivity index (χ4v) is 3.46. The monoisotopic (exact) mass is 382 g/mol. The quantitative estimate of drug-likeness (QED) is 0.510. The van der Waals surface area contributed by atoms with Crippen molar-refractivity contribution < 1.29 is 0 Å². The summed E-state index contributed by atoms with van der Waals surface area (Å²) in [5, 5.41) is 7.58. The standard InChI is InChI=1S/C23H15ClN4/c24-18-10-7-16(8-11-18)23-26-22-19-6-2-1-4-15(19)9-12-20(22)21(27-28-23)17-5-3-13-25-14-17/h1-14H,(H,26,28). The maximum absolute atomic E-state index is 6.05. The first-order chi connectivity index (χ1) is 13.8. The number of nitrogens with zero attached hydrogens (tertiary/aromatic N) is 3. The third-order valence-electron chi connectivity index (χ3n) is 4.71. The van der Waals surface area contributed by atoms with Crippen molar-refractivity contribution in [1.82, 2.24) is 10.4 Å². The van der Waals surface area contributed by atoms with E-state index in [0.29, 0.717) is 10.9 Å². The van der Waals surface area contributed by atoms with Crippen LogP contribution in [0.1, 0.15) is 16.7 Å². The van der Waals surface area contributed by atoms with E-state index in [9.17, 15) is 0 Å². The van der Waals surface area contributed by atoms with Gasteiger partial charge in [0.05, 0.1) is 5.69 Å². The number of aromatic nitrogens is 1. The van der Waals surface area contributed by atoms with Crippen LogP contribution in [0.5, 0.6) is 0 Å². The minimum absolute atomic E-state index is 0.674. The summed E-state index contributed by atoms with van der Waals surface area (Å²) in [6, 6.07) is 23.9. The van der Waals surface area contributed by atoms with Gasteiger partial charge in [0.2, 0.25) is 0 Å². The van der Waals surface area contributed by atoms with Gasteiger partial charge < -0.3 is 0 Å². The third kappa shape index (κ3) is 2.94. The largest absolute Gasteiger partial charge is 0.264 e. The SMILES string of the molecule is Clc1ccc(C2=Nc3c(ccc4ccccc34)C(c3cccnc3)=NN2)cc1. The Morgan fingerprint density at radius 2 is 1.64 bits per heavy atom. The number of hydrogen-bond donors (Lipinski definition) is 1. The molecule has 0 saturated heterocycles. The number of hydrazone groups is 1. The van der Waals surface area contributed by atoms with Crippen LogP contribution in [0.4, 0.5) is 5.69 Å². The second-order valence-corrected chi connectivity index (χ2v) is 6.90. The van der Waals surface area contributed by atoms with Crippen LogP contribution in [0.25, 0.3) is 10.8 Å². The molecule has 1 aliphatic rings. The summed E-state index contributed by atoms with van der Waals surface area (Å²) in [6.07, 6.45) is 3.57. The van der Waals surface area contributed by atoms with Gasteiger partial charge in [-0.05, 0) is 47.9 Å². The molecular weight excluding hydrogens is 368 g/mol. The van der Waals surface area contributed by atoms with E-state index in [2.05, 4.69) is 39.8 Å². The van der Waals surface area contributed by atoms with Crippen LogP contribution in [-0.2, 0) is 0 Å². The van der Waals surface area contributed by atoms with Gasteiger partial charge in [-0.25, -0.2) is 4.99 Å². The van der Waals surface area contributed by atoms with Crippen LogP contribution in [-0.4, -0.2) is 16.5 Å². The second-order valence-electron chi connectivity index (χ2n) is 6.46.